The zero-order chi connectivity index (χ0) is 33.6. The fourth-order valence-electron chi connectivity index (χ4n) is 3.43. The number of anilines is 2. The largest absolute Gasteiger partial charge is 0.490 e. The topological polar surface area (TPSA) is 196 Å². The molecular formula is C30H30F3N5O7. The number of carboxylic acids is 2. The number of alkyl halides is 3. The fraction of sp³-hybridized carbons (Fsp3) is 0.133. The molecule has 0 fully saturated rings. The Kier molecular flexibility index (Phi) is 13.0. The summed E-state index contributed by atoms with van der Waals surface area (Å²) in [7, 11) is 0. The molecule has 0 aliphatic carbocycles. The van der Waals surface area contributed by atoms with Crippen LogP contribution >= 0.6 is 0 Å². The molecule has 45 heavy (non-hydrogen) atoms. The molecule has 1 atom stereocenters. The number of benzene rings is 3. The molecule has 0 saturated heterocycles. The number of hydrogen-bond acceptors (Lipinski definition) is 8. The van der Waals surface area contributed by atoms with Crippen molar-refractivity contribution in [3.8, 4) is 11.5 Å². The first-order chi connectivity index (χ1) is 21.3. The predicted molar refractivity (Wildman–Crippen MR) is 161 cm³/mol. The highest BCUT2D eigenvalue weighted by Crippen LogP contribution is 2.32. The number of carbonyl (C=O) groups excluding carboxylic acids is 1. The number of para-hydroxylation sites is 1. The van der Waals surface area contributed by atoms with Crippen LogP contribution in [-0.4, -0.2) is 53.3 Å². The number of nitrogens with two attached hydrogens (primary N) is 1. The number of carbonyl (C=O) groups is 3. The molecule has 0 aromatic heterocycles. The van der Waals surface area contributed by atoms with Crippen LogP contribution in [0.1, 0.15) is 27.5 Å². The molecule has 0 spiro atoms. The Hall–Kier alpha value is -5.99. The Labute approximate surface area is 255 Å². The maximum absolute atomic E-state index is 13.4. The molecule has 12 nitrogen and oxygen atoms in total. The summed E-state index contributed by atoms with van der Waals surface area (Å²) in [5, 5.41) is 27.3. The van der Waals surface area contributed by atoms with E-state index >= 15 is 0 Å². The normalized spacial score (nSPS) is 11.0. The smallest absolute Gasteiger partial charge is 0.486 e. The zero-order valence-corrected chi connectivity index (χ0v) is 23.6. The third-order valence-electron chi connectivity index (χ3n) is 5.50. The van der Waals surface area contributed by atoms with Gasteiger partial charge in [-0.25, -0.2) is 9.59 Å². The SMILES string of the molecule is C=CCOc1ccc(C(Nc2ccc(C(=N)N)cc2)C(=O)NNc2ccccc2C(=O)O)cc1OCC=C.O=C(O)C(F)(F)F. The fourth-order valence-corrected chi connectivity index (χ4v) is 3.43. The van der Waals surface area contributed by atoms with Crippen LogP contribution in [0.4, 0.5) is 24.5 Å². The van der Waals surface area contributed by atoms with E-state index in [2.05, 4.69) is 29.3 Å². The van der Waals surface area contributed by atoms with Crippen molar-refractivity contribution in [3.05, 3.63) is 109 Å². The third kappa shape index (κ3) is 11.0. The summed E-state index contributed by atoms with van der Waals surface area (Å²) in [5.41, 5.74) is 12.7. The number of rotatable bonds is 14. The van der Waals surface area contributed by atoms with Gasteiger partial charge in [-0.05, 0) is 54.1 Å². The Morgan fingerprint density at radius 2 is 1.51 bits per heavy atom. The van der Waals surface area contributed by atoms with Gasteiger partial charge in [-0.3, -0.25) is 21.1 Å². The molecule has 0 radical (unpaired) electrons. The first-order valence-corrected chi connectivity index (χ1v) is 12.8. The number of hydrazine groups is 1. The third-order valence-corrected chi connectivity index (χ3v) is 5.50. The molecule has 0 aliphatic heterocycles. The lowest BCUT2D eigenvalue weighted by Gasteiger charge is -2.22. The van der Waals surface area contributed by atoms with E-state index < -0.39 is 30.1 Å². The minimum Gasteiger partial charge on any atom is -0.486 e. The van der Waals surface area contributed by atoms with Crippen molar-refractivity contribution in [2.24, 2.45) is 5.73 Å². The molecule has 0 heterocycles. The van der Waals surface area contributed by atoms with Crippen molar-refractivity contribution in [1.82, 2.24) is 5.43 Å². The van der Waals surface area contributed by atoms with Gasteiger partial charge in [0.25, 0.3) is 5.91 Å². The molecule has 3 aromatic carbocycles. The molecule has 8 N–H and O–H groups in total. The average Bonchev–Trinajstić information content (AvgIpc) is 3.00. The van der Waals surface area contributed by atoms with Gasteiger partial charge in [-0.1, -0.05) is 43.5 Å². The Bertz CT molecular complexity index is 1530. The molecule has 3 aromatic rings. The first-order valence-electron chi connectivity index (χ1n) is 12.8. The molecule has 1 amide bonds. The number of nitrogen functional groups attached to an aromatic ring is 1. The number of aromatic carboxylic acids is 1. The second kappa shape index (κ2) is 16.6. The maximum Gasteiger partial charge on any atom is 0.490 e. The molecule has 0 aliphatic rings. The molecule has 15 heteroatoms. The van der Waals surface area contributed by atoms with Crippen molar-refractivity contribution in [2.45, 2.75) is 12.2 Å². The highest BCUT2D eigenvalue weighted by Gasteiger charge is 2.38. The summed E-state index contributed by atoms with van der Waals surface area (Å²) in [6.07, 6.45) is -1.89. The van der Waals surface area contributed by atoms with Gasteiger partial charge in [-0.2, -0.15) is 13.2 Å². The van der Waals surface area contributed by atoms with Gasteiger partial charge in [0.05, 0.1) is 11.3 Å². The number of hydrogen-bond donors (Lipinski definition) is 7. The van der Waals surface area contributed by atoms with Gasteiger partial charge >= 0.3 is 18.1 Å². The van der Waals surface area contributed by atoms with Crippen molar-refractivity contribution in [2.75, 3.05) is 24.0 Å². The van der Waals surface area contributed by atoms with Crippen LogP contribution in [0.3, 0.4) is 0 Å². The van der Waals surface area contributed by atoms with Crippen molar-refractivity contribution in [1.29, 1.82) is 5.41 Å². The zero-order valence-electron chi connectivity index (χ0n) is 23.6. The van der Waals surface area contributed by atoms with Crippen molar-refractivity contribution in [3.63, 3.8) is 0 Å². The second-order valence-electron chi connectivity index (χ2n) is 8.74. The van der Waals surface area contributed by atoms with E-state index in [1.165, 1.54) is 6.07 Å². The molecule has 0 bridgehead atoms. The number of carboxylic acid groups (broad SMARTS) is 2. The van der Waals surface area contributed by atoms with Crippen LogP contribution < -0.4 is 31.4 Å². The highest BCUT2D eigenvalue weighted by atomic mass is 19.4. The summed E-state index contributed by atoms with van der Waals surface area (Å²) in [6.45, 7) is 7.81. The van der Waals surface area contributed by atoms with Gasteiger partial charge < -0.3 is 30.7 Å². The number of amides is 1. The van der Waals surface area contributed by atoms with Gasteiger partial charge in [0, 0.05) is 11.3 Å². The molecule has 3 rings (SSSR count). The second-order valence-corrected chi connectivity index (χ2v) is 8.74. The molecule has 1 unspecified atom stereocenters. The summed E-state index contributed by atoms with van der Waals surface area (Å²) in [6, 6.07) is 17.0. The lowest BCUT2D eigenvalue weighted by molar-refractivity contribution is -0.192. The summed E-state index contributed by atoms with van der Waals surface area (Å²) < 4.78 is 43.2. The number of ether oxygens (including phenoxy) is 2. The number of halogens is 3. The quantitative estimate of drug-likeness (QED) is 0.0567. The average molecular weight is 630 g/mol. The molecular weight excluding hydrogens is 599 g/mol. The standard InChI is InChI=1S/C28H29N5O5.C2HF3O2/c1-3-15-37-23-14-11-19(17-24(23)38-16-4-2)25(31-20-12-9-18(10-13-20)26(29)30)27(34)33-32-22-8-6-5-7-21(22)28(35)36;3-2(4,5)1(6)7/h3-14,17,25,31-32H,1-2,15-16H2,(H3,29,30)(H,33,34)(H,35,36);(H,6,7). The summed E-state index contributed by atoms with van der Waals surface area (Å²) in [4.78, 5) is 33.9. The maximum atomic E-state index is 13.4. The van der Waals surface area contributed by atoms with Gasteiger partial charge in [0.1, 0.15) is 25.1 Å². The van der Waals surface area contributed by atoms with Gasteiger partial charge in [0.2, 0.25) is 0 Å². The number of amidine groups is 1. The lowest BCUT2D eigenvalue weighted by Crippen LogP contribution is -2.37. The summed E-state index contributed by atoms with van der Waals surface area (Å²) >= 11 is 0. The van der Waals surface area contributed by atoms with Gasteiger partial charge in [0.15, 0.2) is 11.5 Å². The van der Waals surface area contributed by atoms with Gasteiger partial charge in [-0.15, -0.1) is 0 Å². The van der Waals surface area contributed by atoms with E-state index in [0.717, 1.165) is 0 Å². The van der Waals surface area contributed by atoms with E-state index in [9.17, 15) is 27.9 Å². The minimum absolute atomic E-state index is 0.000891. The van der Waals surface area contributed by atoms with Crippen LogP contribution in [0.15, 0.2) is 92.0 Å². The number of nitrogens with one attached hydrogen (secondary N) is 4. The van der Waals surface area contributed by atoms with Crippen LogP contribution in [0.2, 0.25) is 0 Å². The van der Waals surface area contributed by atoms with E-state index in [0.29, 0.717) is 28.3 Å². The van der Waals surface area contributed by atoms with E-state index in [1.807, 2.05) is 0 Å². The van der Waals surface area contributed by atoms with E-state index in [4.69, 9.17) is 30.5 Å². The van der Waals surface area contributed by atoms with Crippen LogP contribution in [0.25, 0.3) is 0 Å². The Morgan fingerprint density at radius 1 is 0.933 bits per heavy atom. The first kappa shape index (κ1) is 35.2. The molecule has 0 saturated carbocycles. The van der Waals surface area contributed by atoms with Crippen molar-refractivity contribution >= 4 is 35.1 Å². The summed E-state index contributed by atoms with van der Waals surface area (Å²) in [5.74, 6) is -3.61. The monoisotopic (exact) mass is 629 g/mol. The Morgan fingerprint density at radius 3 is 2.04 bits per heavy atom. The lowest BCUT2D eigenvalue weighted by atomic mass is 10.0. The van der Waals surface area contributed by atoms with E-state index in [1.54, 1.807) is 72.8 Å². The minimum atomic E-state index is -5.08. The molecule has 238 valence electrons. The van der Waals surface area contributed by atoms with E-state index in [-0.39, 0.29) is 30.3 Å². The van der Waals surface area contributed by atoms with Crippen LogP contribution in [0.5, 0.6) is 11.5 Å². The van der Waals surface area contributed by atoms with Crippen molar-refractivity contribution < 1.29 is 47.2 Å². The predicted octanol–water partition coefficient (Wildman–Crippen LogP) is 4.73. The van der Waals surface area contributed by atoms with Crippen LogP contribution in [0, 0.1) is 5.41 Å². The number of aliphatic carboxylic acids is 1. The highest BCUT2D eigenvalue weighted by molar-refractivity contribution is 5.96. The van der Waals surface area contributed by atoms with Crippen LogP contribution in [-0.2, 0) is 9.59 Å². The Balaban J connectivity index is 0.000000900.